The number of rotatable bonds is 3. The van der Waals surface area contributed by atoms with Crippen LogP contribution in [0, 0.1) is 5.92 Å². The smallest absolute Gasteiger partial charge is 0.229 e. The molecule has 1 aromatic heterocycles. The molecule has 2 fully saturated rings. The number of Topliss-reactive ketones (excluding diaryl/α,β-unsaturated/α-hetero) is 1. The number of para-hydroxylation sites is 1. The van der Waals surface area contributed by atoms with E-state index in [4.69, 9.17) is 4.74 Å². The van der Waals surface area contributed by atoms with Crippen molar-refractivity contribution in [2.75, 3.05) is 19.8 Å². The van der Waals surface area contributed by atoms with Gasteiger partial charge in [-0.2, -0.15) is 5.10 Å². The zero-order valence-corrected chi connectivity index (χ0v) is 14.5. The van der Waals surface area contributed by atoms with Gasteiger partial charge in [0.1, 0.15) is 5.78 Å². The predicted octanol–water partition coefficient (Wildman–Crippen LogP) is 1.71. The molecule has 1 amide bonds. The molecule has 2 aromatic rings. The maximum Gasteiger partial charge on any atom is 0.229 e. The molecule has 0 spiro atoms. The van der Waals surface area contributed by atoms with E-state index in [1.54, 1.807) is 0 Å². The van der Waals surface area contributed by atoms with E-state index < -0.39 is 0 Å². The first kappa shape index (κ1) is 16.3. The van der Waals surface area contributed by atoms with E-state index in [1.807, 2.05) is 40.9 Å². The zero-order valence-electron chi connectivity index (χ0n) is 14.5. The third kappa shape index (κ3) is 2.95. The molecule has 1 aromatic carbocycles. The number of morpholine rings is 1. The quantitative estimate of drug-likeness (QED) is 0.853. The zero-order chi connectivity index (χ0) is 17.4. The Morgan fingerprint density at radius 2 is 2.20 bits per heavy atom. The lowest BCUT2D eigenvalue weighted by molar-refractivity contribution is -0.143. The Labute approximate surface area is 146 Å². The lowest BCUT2D eigenvalue weighted by atomic mass is 9.95. The van der Waals surface area contributed by atoms with Crippen LogP contribution in [-0.2, 0) is 27.8 Å². The molecule has 1 aliphatic carbocycles. The van der Waals surface area contributed by atoms with E-state index in [9.17, 15) is 9.59 Å². The number of hydrogen-bond acceptors (Lipinski definition) is 4. The van der Waals surface area contributed by atoms with Crippen LogP contribution in [0.4, 0.5) is 0 Å². The summed E-state index contributed by atoms with van der Waals surface area (Å²) in [5.41, 5.74) is 1.82. The van der Waals surface area contributed by atoms with Crippen LogP contribution in [0.2, 0.25) is 0 Å². The summed E-state index contributed by atoms with van der Waals surface area (Å²) in [5.74, 6) is 0.248. The molecule has 6 nitrogen and oxygen atoms in total. The molecular formula is C19H23N3O3. The Morgan fingerprint density at radius 3 is 3.00 bits per heavy atom. The highest BCUT2D eigenvalue weighted by atomic mass is 16.5. The average Bonchev–Trinajstić information content (AvgIpc) is 3.19. The van der Waals surface area contributed by atoms with Crippen molar-refractivity contribution < 1.29 is 14.3 Å². The number of ether oxygens (including phenoxy) is 1. The fourth-order valence-corrected chi connectivity index (χ4v) is 4.18. The number of nitrogens with zero attached hydrogens (tertiary/aromatic N) is 3. The predicted molar refractivity (Wildman–Crippen MR) is 93.1 cm³/mol. The second kappa shape index (κ2) is 6.59. The SMILES string of the molecule is Cn1nc(CC(=O)N2CCOCC2C2CCCC2=O)c2ccccc21. The number of aryl methyl sites for hydroxylation is 1. The number of benzene rings is 1. The van der Waals surface area contributed by atoms with E-state index in [1.165, 1.54) is 0 Å². The average molecular weight is 341 g/mol. The second-order valence-electron chi connectivity index (χ2n) is 6.96. The summed E-state index contributed by atoms with van der Waals surface area (Å²) in [7, 11) is 1.89. The Balaban J connectivity index is 1.57. The van der Waals surface area contributed by atoms with Gasteiger partial charge in [0.2, 0.25) is 5.91 Å². The molecule has 2 unspecified atom stereocenters. The lowest BCUT2D eigenvalue weighted by Gasteiger charge is -2.38. The summed E-state index contributed by atoms with van der Waals surface area (Å²) in [6.45, 7) is 1.55. The minimum atomic E-state index is -0.119. The van der Waals surface area contributed by atoms with Gasteiger partial charge in [0.25, 0.3) is 0 Å². The largest absolute Gasteiger partial charge is 0.377 e. The molecule has 0 N–H and O–H groups in total. The van der Waals surface area contributed by atoms with Crippen molar-refractivity contribution in [2.45, 2.75) is 31.7 Å². The maximum absolute atomic E-state index is 13.0. The fraction of sp³-hybridized carbons (Fsp3) is 0.526. The van der Waals surface area contributed by atoms with Crippen LogP contribution in [0.5, 0.6) is 0 Å². The van der Waals surface area contributed by atoms with Crippen LogP contribution in [0.25, 0.3) is 10.9 Å². The molecule has 0 radical (unpaired) electrons. The summed E-state index contributed by atoms with van der Waals surface area (Å²) >= 11 is 0. The molecule has 2 heterocycles. The molecule has 2 atom stereocenters. The van der Waals surface area contributed by atoms with Gasteiger partial charge >= 0.3 is 0 Å². The van der Waals surface area contributed by atoms with Gasteiger partial charge in [0.05, 0.1) is 36.9 Å². The number of hydrogen-bond donors (Lipinski definition) is 0. The van der Waals surface area contributed by atoms with Crippen LogP contribution in [0.15, 0.2) is 24.3 Å². The molecule has 1 aliphatic heterocycles. The molecule has 25 heavy (non-hydrogen) atoms. The van der Waals surface area contributed by atoms with Gasteiger partial charge in [-0.3, -0.25) is 14.3 Å². The highest BCUT2D eigenvalue weighted by Crippen LogP contribution is 2.29. The van der Waals surface area contributed by atoms with Crippen molar-refractivity contribution in [1.29, 1.82) is 0 Å². The van der Waals surface area contributed by atoms with E-state index >= 15 is 0 Å². The van der Waals surface area contributed by atoms with Crippen molar-refractivity contribution in [3.63, 3.8) is 0 Å². The minimum absolute atomic E-state index is 0.0388. The Kier molecular flexibility index (Phi) is 4.29. The summed E-state index contributed by atoms with van der Waals surface area (Å²) in [6, 6.07) is 7.82. The topological polar surface area (TPSA) is 64.4 Å². The van der Waals surface area contributed by atoms with Gasteiger partial charge in [-0.05, 0) is 18.9 Å². The normalized spacial score (nSPS) is 24.2. The number of fused-ring (bicyclic) bond motifs is 1. The molecule has 1 saturated heterocycles. The molecule has 132 valence electrons. The van der Waals surface area contributed by atoms with Crippen molar-refractivity contribution in [1.82, 2.24) is 14.7 Å². The number of carbonyl (C=O) groups is 2. The Morgan fingerprint density at radius 1 is 1.36 bits per heavy atom. The number of amides is 1. The summed E-state index contributed by atoms with van der Waals surface area (Å²) in [6.07, 6.45) is 2.68. The van der Waals surface area contributed by atoms with Crippen molar-refractivity contribution >= 4 is 22.6 Å². The second-order valence-corrected chi connectivity index (χ2v) is 6.96. The molecule has 2 aliphatic rings. The molecule has 6 heteroatoms. The van der Waals surface area contributed by atoms with Crippen molar-refractivity contribution in [2.24, 2.45) is 13.0 Å². The van der Waals surface area contributed by atoms with Gasteiger partial charge in [-0.1, -0.05) is 18.2 Å². The van der Waals surface area contributed by atoms with Crippen molar-refractivity contribution in [3.8, 4) is 0 Å². The Bertz CT molecular complexity index is 813. The number of ketones is 1. The standard InChI is InChI=1S/C19H23N3O3/c1-21-16-7-3-2-5-13(16)15(20-21)11-19(24)22-9-10-25-12-17(22)14-6-4-8-18(14)23/h2-3,5,7,14,17H,4,6,8-12H2,1H3. The monoisotopic (exact) mass is 341 g/mol. The highest BCUT2D eigenvalue weighted by Gasteiger charge is 2.39. The van der Waals surface area contributed by atoms with Crippen LogP contribution >= 0.6 is 0 Å². The first-order valence-corrected chi connectivity index (χ1v) is 8.95. The van der Waals surface area contributed by atoms with Crippen LogP contribution in [-0.4, -0.2) is 52.2 Å². The third-order valence-electron chi connectivity index (χ3n) is 5.46. The van der Waals surface area contributed by atoms with E-state index in [-0.39, 0.29) is 30.1 Å². The van der Waals surface area contributed by atoms with E-state index in [2.05, 4.69) is 5.10 Å². The van der Waals surface area contributed by atoms with E-state index in [0.717, 1.165) is 29.4 Å². The van der Waals surface area contributed by atoms with E-state index in [0.29, 0.717) is 26.2 Å². The number of aromatic nitrogens is 2. The minimum Gasteiger partial charge on any atom is -0.377 e. The van der Waals surface area contributed by atoms with Gasteiger partial charge in [0, 0.05) is 31.3 Å². The first-order valence-electron chi connectivity index (χ1n) is 8.95. The third-order valence-corrected chi connectivity index (χ3v) is 5.46. The fourth-order valence-electron chi connectivity index (χ4n) is 4.18. The van der Waals surface area contributed by atoms with Gasteiger partial charge in [-0.15, -0.1) is 0 Å². The highest BCUT2D eigenvalue weighted by molar-refractivity contribution is 5.89. The molecule has 4 rings (SSSR count). The van der Waals surface area contributed by atoms with Crippen LogP contribution < -0.4 is 0 Å². The Hall–Kier alpha value is -2.21. The molecule has 0 bridgehead atoms. The first-order chi connectivity index (χ1) is 12.1. The van der Waals surface area contributed by atoms with Crippen molar-refractivity contribution in [3.05, 3.63) is 30.0 Å². The van der Waals surface area contributed by atoms with Gasteiger partial charge in [-0.25, -0.2) is 0 Å². The summed E-state index contributed by atoms with van der Waals surface area (Å²) in [5, 5.41) is 5.55. The van der Waals surface area contributed by atoms with Gasteiger partial charge in [0.15, 0.2) is 0 Å². The van der Waals surface area contributed by atoms with Crippen LogP contribution in [0.1, 0.15) is 25.0 Å². The maximum atomic E-state index is 13.0. The summed E-state index contributed by atoms with van der Waals surface area (Å²) in [4.78, 5) is 27.0. The summed E-state index contributed by atoms with van der Waals surface area (Å²) < 4.78 is 7.40. The molecule has 1 saturated carbocycles. The number of carbonyl (C=O) groups excluding carboxylic acids is 2. The molecular weight excluding hydrogens is 318 g/mol. The lowest BCUT2D eigenvalue weighted by Crippen LogP contribution is -2.53. The van der Waals surface area contributed by atoms with Gasteiger partial charge < -0.3 is 9.64 Å². The van der Waals surface area contributed by atoms with Crippen LogP contribution in [0.3, 0.4) is 0 Å².